The van der Waals surface area contributed by atoms with Crippen LogP contribution >= 0.6 is 0 Å². The van der Waals surface area contributed by atoms with Gasteiger partial charge in [-0.25, -0.2) is 0 Å². The van der Waals surface area contributed by atoms with Crippen LogP contribution in [0.3, 0.4) is 0 Å². The van der Waals surface area contributed by atoms with Crippen molar-refractivity contribution in [3.8, 4) is 23.0 Å². The van der Waals surface area contributed by atoms with Gasteiger partial charge < -0.3 is 19.7 Å². The van der Waals surface area contributed by atoms with Crippen molar-refractivity contribution in [2.75, 3.05) is 19.6 Å². The molecule has 0 amide bonds. The summed E-state index contributed by atoms with van der Waals surface area (Å²) in [7, 11) is 0. The predicted molar refractivity (Wildman–Crippen MR) is 109 cm³/mol. The van der Waals surface area contributed by atoms with E-state index in [-0.39, 0.29) is 23.5 Å². The van der Waals surface area contributed by atoms with Crippen molar-refractivity contribution in [3.05, 3.63) is 46.5 Å². The number of rotatable bonds is 4. The van der Waals surface area contributed by atoms with Gasteiger partial charge in [-0.2, -0.15) is 0 Å². The second-order valence-electron chi connectivity index (χ2n) is 8.09. The Morgan fingerprint density at radius 3 is 2.21 bits per heavy atom. The smallest absolute Gasteiger partial charge is 0.187 e. The molecule has 0 unspecified atom stereocenters. The van der Waals surface area contributed by atoms with Gasteiger partial charge in [-0.05, 0) is 62.3 Å². The molecular formula is C23H29NO4. The quantitative estimate of drug-likeness (QED) is 0.828. The first-order valence-electron chi connectivity index (χ1n) is 10.1. The number of nitrogens with zero attached hydrogens (tertiary/aromatic N) is 1. The molecule has 5 nitrogen and oxygen atoms in total. The predicted octanol–water partition coefficient (Wildman–Crippen LogP) is 4.21. The van der Waals surface area contributed by atoms with Gasteiger partial charge in [0, 0.05) is 23.6 Å². The number of phenolic OH excluding ortho intramolecular Hbond substituents is 2. The third kappa shape index (κ3) is 2.64. The number of phenols is 2. The average Bonchev–Trinajstić information content (AvgIpc) is 2.96. The number of benzene rings is 2. The molecule has 0 aliphatic carbocycles. The first kappa shape index (κ1) is 18.9. The van der Waals surface area contributed by atoms with Crippen LogP contribution in [-0.2, 0) is 5.60 Å². The second-order valence-corrected chi connectivity index (χ2v) is 8.09. The molecule has 0 aromatic heterocycles. The van der Waals surface area contributed by atoms with Gasteiger partial charge in [0.15, 0.2) is 11.7 Å². The maximum Gasteiger partial charge on any atom is 0.187 e. The zero-order valence-electron chi connectivity index (χ0n) is 17.2. The highest BCUT2D eigenvalue weighted by atomic mass is 16.6. The summed E-state index contributed by atoms with van der Waals surface area (Å²) in [6, 6.07) is 7.41. The van der Waals surface area contributed by atoms with Crippen LogP contribution in [0.25, 0.3) is 0 Å². The summed E-state index contributed by atoms with van der Waals surface area (Å²) in [5, 5.41) is 20.6. The summed E-state index contributed by atoms with van der Waals surface area (Å²) in [5.41, 5.74) is 2.72. The molecule has 2 heterocycles. The van der Waals surface area contributed by atoms with Crippen LogP contribution in [-0.4, -0.2) is 40.9 Å². The van der Waals surface area contributed by atoms with Crippen LogP contribution in [0.2, 0.25) is 0 Å². The van der Waals surface area contributed by atoms with Crippen molar-refractivity contribution < 1.29 is 19.7 Å². The molecule has 2 aromatic rings. The highest BCUT2D eigenvalue weighted by Gasteiger charge is 2.57. The van der Waals surface area contributed by atoms with Crippen LogP contribution in [0.5, 0.6) is 23.0 Å². The zero-order chi connectivity index (χ0) is 20.2. The van der Waals surface area contributed by atoms with E-state index in [0.29, 0.717) is 6.54 Å². The number of aromatic hydroxyl groups is 2. The Morgan fingerprint density at radius 1 is 0.964 bits per heavy atom. The fraction of sp³-hybridized carbons (Fsp3) is 0.478. The summed E-state index contributed by atoms with van der Waals surface area (Å²) in [6.07, 6.45) is -0.237. The van der Waals surface area contributed by atoms with Gasteiger partial charge >= 0.3 is 0 Å². The van der Waals surface area contributed by atoms with Gasteiger partial charge in [0.25, 0.3) is 0 Å². The average molecular weight is 383 g/mol. The first-order chi connectivity index (χ1) is 13.3. The van der Waals surface area contributed by atoms with Gasteiger partial charge in [-0.15, -0.1) is 0 Å². The Balaban J connectivity index is 1.91. The lowest BCUT2D eigenvalue weighted by Gasteiger charge is -2.45. The number of likely N-dealkylation sites (N-methyl/N-ethyl adjacent to an activating group) is 1. The van der Waals surface area contributed by atoms with Crippen molar-refractivity contribution in [1.29, 1.82) is 0 Å². The van der Waals surface area contributed by atoms with Gasteiger partial charge in [-0.3, -0.25) is 4.90 Å². The lowest BCUT2D eigenvalue weighted by molar-refractivity contribution is -0.0637. The Kier molecular flexibility index (Phi) is 4.46. The van der Waals surface area contributed by atoms with E-state index in [2.05, 4.69) is 25.7 Å². The van der Waals surface area contributed by atoms with Crippen LogP contribution < -0.4 is 9.47 Å². The van der Waals surface area contributed by atoms with Crippen LogP contribution in [0.4, 0.5) is 0 Å². The molecule has 0 saturated carbocycles. The van der Waals surface area contributed by atoms with Gasteiger partial charge in [0.1, 0.15) is 23.0 Å². The maximum atomic E-state index is 10.4. The molecule has 150 valence electrons. The lowest BCUT2D eigenvalue weighted by atomic mass is 9.77. The molecule has 28 heavy (non-hydrogen) atoms. The molecule has 3 atom stereocenters. The fourth-order valence-electron chi connectivity index (χ4n) is 4.58. The first-order valence-corrected chi connectivity index (χ1v) is 10.1. The summed E-state index contributed by atoms with van der Waals surface area (Å²) in [4.78, 5) is 2.33. The molecule has 5 heteroatoms. The largest absolute Gasteiger partial charge is 0.508 e. The third-order valence-electron chi connectivity index (χ3n) is 6.39. The minimum Gasteiger partial charge on any atom is -0.508 e. The van der Waals surface area contributed by atoms with Crippen molar-refractivity contribution in [2.45, 2.75) is 52.2 Å². The topological polar surface area (TPSA) is 62.2 Å². The number of ether oxygens (including phenoxy) is 2. The highest BCUT2D eigenvalue weighted by molar-refractivity contribution is 5.57. The van der Waals surface area contributed by atoms with Crippen LogP contribution in [0.15, 0.2) is 24.3 Å². The minimum absolute atomic E-state index is 0.0284. The van der Waals surface area contributed by atoms with E-state index in [9.17, 15) is 10.2 Å². The monoisotopic (exact) mass is 383 g/mol. The molecule has 4 rings (SSSR count). The summed E-state index contributed by atoms with van der Waals surface area (Å²) < 4.78 is 13.2. The Bertz CT molecular complexity index is 921. The van der Waals surface area contributed by atoms with E-state index in [1.165, 1.54) is 0 Å². The van der Waals surface area contributed by atoms with Crippen molar-refractivity contribution in [3.63, 3.8) is 0 Å². The summed E-state index contributed by atoms with van der Waals surface area (Å²) in [6.45, 7) is 12.6. The molecule has 0 bridgehead atoms. The Labute approximate surface area is 166 Å². The van der Waals surface area contributed by atoms with Crippen LogP contribution in [0.1, 0.15) is 48.9 Å². The normalized spacial score (nSPS) is 24.9. The Morgan fingerprint density at radius 2 is 1.57 bits per heavy atom. The second kappa shape index (κ2) is 6.59. The number of fused-ring (bicyclic) bond motifs is 4. The summed E-state index contributed by atoms with van der Waals surface area (Å²) >= 11 is 0. The number of hydrogen-bond acceptors (Lipinski definition) is 5. The molecule has 0 radical (unpaired) electrons. The molecule has 0 spiro atoms. The van der Waals surface area contributed by atoms with Crippen molar-refractivity contribution in [2.24, 2.45) is 0 Å². The summed E-state index contributed by atoms with van der Waals surface area (Å²) in [5.74, 6) is 2.11. The fourth-order valence-corrected chi connectivity index (χ4v) is 4.58. The number of hydrogen-bond donors (Lipinski definition) is 2. The molecular weight excluding hydrogens is 354 g/mol. The zero-order valence-corrected chi connectivity index (χ0v) is 17.2. The van der Waals surface area contributed by atoms with E-state index >= 15 is 0 Å². The van der Waals surface area contributed by atoms with Gasteiger partial charge in [-0.1, -0.05) is 20.8 Å². The molecule has 0 fully saturated rings. The maximum absolute atomic E-state index is 10.4. The van der Waals surface area contributed by atoms with E-state index in [4.69, 9.17) is 9.47 Å². The van der Waals surface area contributed by atoms with Gasteiger partial charge in [0.05, 0.1) is 0 Å². The standard InChI is InChI=1S/C23H29NO4/c1-6-24(7-2)12-23-17-11-19(26)14(4)9-21(17)27-22(23)15(5)16-10-18(25)13(3)8-20(16)28-23/h8-11,15,22,25-26H,6-7,12H2,1-5H3/t15-,22-,23-/m1/s1. The lowest BCUT2D eigenvalue weighted by Crippen LogP contribution is -2.55. The Hall–Kier alpha value is -2.40. The van der Waals surface area contributed by atoms with E-state index in [0.717, 1.165) is 46.8 Å². The molecule has 2 aliphatic heterocycles. The highest BCUT2D eigenvalue weighted by Crippen LogP contribution is 2.55. The van der Waals surface area contributed by atoms with Crippen molar-refractivity contribution in [1.82, 2.24) is 4.90 Å². The molecule has 2 aliphatic rings. The van der Waals surface area contributed by atoms with Crippen molar-refractivity contribution >= 4 is 0 Å². The third-order valence-corrected chi connectivity index (χ3v) is 6.39. The molecule has 0 saturated heterocycles. The van der Waals surface area contributed by atoms with E-state index in [1.54, 1.807) is 12.1 Å². The number of aryl methyl sites for hydroxylation is 2. The molecule has 2 aromatic carbocycles. The van der Waals surface area contributed by atoms with Gasteiger partial charge in [0.2, 0.25) is 0 Å². The van der Waals surface area contributed by atoms with Crippen LogP contribution in [0, 0.1) is 13.8 Å². The SMILES string of the molecule is CCN(CC)C[C@]12Oc3cc(C)c(O)cc3[C@@H](C)[C@H]1Oc1cc(C)c(O)cc12. The molecule has 2 N–H and O–H groups in total. The van der Waals surface area contributed by atoms with E-state index in [1.807, 2.05) is 26.0 Å². The minimum atomic E-state index is -0.706. The van der Waals surface area contributed by atoms with E-state index < -0.39 is 5.60 Å².